The van der Waals surface area contributed by atoms with Crippen LogP contribution in [0.25, 0.3) is 0 Å². The summed E-state index contributed by atoms with van der Waals surface area (Å²) in [4.78, 5) is 25.0. The van der Waals surface area contributed by atoms with E-state index in [2.05, 4.69) is 0 Å². The molecule has 1 amide bonds. The monoisotopic (exact) mass is 267 g/mol. The number of hydrogen-bond donors (Lipinski definition) is 0. The van der Waals surface area contributed by atoms with Crippen LogP contribution in [0.1, 0.15) is 27.2 Å². The number of ether oxygens (including phenoxy) is 1. The van der Waals surface area contributed by atoms with Crippen molar-refractivity contribution in [1.29, 1.82) is 0 Å². The maximum Gasteiger partial charge on any atom is 0.410 e. The second kappa shape index (κ2) is 4.47. The van der Waals surface area contributed by atoms with Crippen LogP contribution in [0.15, 0.2) is 23.8 Å². The van der Waals surface area contributed by atoms with Crippen molar-refractivity contribution >= 4 is 11.9 Å². The average Bonchev–Trinajstić information content (AvgIpc) is 2.28. The molecular weight excluding hydrogens is 249 g/mol. The third-order valence-corrected chi connectivity index (χ3v) is 3.18. The first-order valence-electron chi connectivity index (χ1n) is 6.31. The van der Waals surface area contributed by atoms with E-state index < -0.39 is 23.1 Å². The van der Waals surface area contributed by atoms with Crippen LogP contribution >= 0.6 is 0 Å². The number of carbonyl (C=O) groups excluding carboxylic acids is 2. The molecule has 0 radical (unpaired) electrons. The molecule has 1 atom stereocenters. The minimum Gasteiger partial charge on any atom is -0.444 e. The maximum absolute atomic E-state index is 14.5. The lowest BCUT2D eigenvalue weighted by atomic mass is 9.81. The van der Waals surface area contributed by atoms with Gasteiger partial charge in [-0.25, -0.2) is 9.18 Å². The molecule has 1 heterocycles. The molecule has 0 bridgehead atoms. The van der Waals surface area contributed by atoms with Gasteiger partial charge in [-0.05, 0) is 32.4 Å². The molecule has 0 N–H and O–H groups in total. The lowest BCUT2D eigenvalue weighted by Gasteiger charge is -2.38. The van der Waals surface area contributed by atoms with Gasteiger partial charge in [0, 0.05) is 19.5 Å². The van der Waals surface area contributed by atoms with E-state index in [0.29, 0.717) is 5.57 Å². The van der Waals surface area contributed by atoms with E-state index in [-0.39, 0.29) is 19.5 Å². The molecule has 5 heteroatoms. The minimum absolute atomic E-state index is 0.0126. The van der Waals surface area contributed by atoms with Crippen LogP contribution in [0.3, 0.4) is 0 Å². The highest BCUT2D eigenvalue weighted by Crippen LogP contribution is 2.35. The molecule has 1 aliphatic heterocycles. The van der Waals surface area contributed by atoms with Crippen molar-refractivity contribution in [2.24, 2.45) is 0 Å². The first-order chi connectivity index (χ1) is 8.72. The smallest absolute Gasteiger partial charge is 0.410 e. The Kier molecular flexibility index (Phi) is 3.24. The Morgan fingerprint density at radius 3 is 2.79 bits per heavy atom. The lowest BCUT2D eigenvalue weighted by molar-refractivity contribution is -0.125. The van der Waals surface area contributed by atoms with Gasteiger partial charge in [-0.1, -0.05) is 12.2 Å². The van der Waals surface area contributed by atoms with Crippen molar-refractivity contribution in [3.8, 4) is 0 Å². The number of fused-ring (bicyclic) bond motifs is 1. The molecule has 2 aliphatic rings. The molecule has 0 aromatic carbocycles. The summed E-state index contributed by atoms with van der Waals surface area (Å²) in [6, 6.07) is 0. The van der Waals surface area contributed by atoms with E-state index in [1.54, 1.807) is 26.8 Å². The summed E-state index contributed by atoms with van der Waals surface area (Å²) in [5, 5.41) is 0. The standard InChI is InChI=1S/C14H18FNO3/c1-13(2,3)19-12(18)16-8-7-14(15)10(9-16)5-4-6-11(14)17/h4-6H,7-9H2,1-3H3/t14-/m1/s1. The van der Waals surface area contributed by atoms with Crippen LogP contribution in [0.2, 0.25) is 0 Å². The van der Waals surface area contributed by atoms with Crippen molar-refractivity contribution in [1.82, 2.24) is 4.90 Å². The fourth-order valence-corrected chi connectivity index (χ4v) is 2.19. The highest BCUT2D eigenvalue weighted by Gasteiger charge is 2.46. The van der Waals surface area contributed by atoms with Gasteiger partial charge in [0.25, 0.3) is 0 Å². The molecule has 2 rings (SSSR count). The van der Waals surface area contributed by atoms with Gasteiger partial charge in [0.2, 0.25) is 0 Å². The van der Waals surface area contributed by atoms with E-state index in [1.807, 2.05) is 0 Å². The number of nitrogens with zero attached hydrogens (tertiary/aromatic N) is 1. The SMILES string of the molecule is CC(C)(C)OC(=O)N1CC[C@]2(F)C(=O)C=CC=C2C1. The Balaban J connectivity index is 2.11. The summed E-state index contributed by atoms with van der Waals surface area (Å²) >= 11 is 0. The molecule has 1 aliphatic carbocycles. The summed E-state index contributed by atoms with van der Waals surface area (Å²) in [5.41, 5.74) is -2.19. The molecule has 19 heavy (non-hydrogen) atoms. The number of piperidine rings is 1. The topological polar surface area (TPSA) is 46.6 Å². The zero-order valence-electron chi connectivity index (χ0n) is 11.4. The van der Waals surface area contributed by atoms with E-state index in [9.17, 15) is 14.0 Å². The Hall–Kier alpha value is -1.65. The molecule has 104 valence electrons. The maximum atomic E-state index is 14.5. The van der Waals surface area contributed by atoms with E-state index in [4.69, 9.17) is 4.74 Å². The summed E-state index contributed by atoms with van der Waals surface area (Å²) in [6.45, 7) is 5.62. The number of likely N-dealkylation sites (tertiary alicyclic amines) is 1. The Morgan fingerprint density at radius 1 is 1.47 bits per heavy atom. The van der Waals surface area contributed by atoms with Crippen molar-refractivity contribution in [2.75, 3.05) is 13.1 Å². The van der Waals surface area contributed by atoms with Gasteiger partial charge in [0.15, 0.2) is 11.5 Å². The second-order valence-electron chi connectivity index (χ2n) is 5.87. The molecule has 0 aromatic rings. The second-order valence-corrected chi connectivity index (χ2v) is 5.87. The molecule has 0 unspecified atom stereocenters. The predicted octanol–water partition coefficient (Wildman–Crippen LogP) is 2.40. The predicted molar refractivity (Wildman–Crippen MR) is 68.5 cm³/mol. The molecule has 0 saturated carbocycles. The van der Waals surface area contributed by atoms with Crippen LogP contribution in [0.4, 0.5) is 9.18 Å². The summed E-state index contributed by atoms with van der Waals surface area (Å²) in [7, 11) is 0. The first-order valence-corrected chi connectivity index (χ1v) is 6.31. The zero-order valence-corrected chi connectivity index (χ0v) is 11.4. The van der Waals surface area contributed by atoms with Gasteiger partial charge in [0.05, 0.1) is 0 Å². The molecule has 1 fully saturated rings. The molecule has 1 saturated heterocycles. The number of alkyl halides is 1. The van der Waals surface area contributed by atoms with Gasteiger partial charge >= 0.3 is 6.09 Å². The normalized spacial score (nSPS) is 26.8. The Bertz CT molecular complexity index is 476. The van der Waals surface area contributed by atoms with E-state index >= 15 is 0 Å². The van der Waals surface area contributed by atoms with Gasteiger partial charge in [-0.15, -0.1) is 0 Å². The zero-order chi connectivity index (χ0) is 14.3. The van der Waals surface area contributed by atoms with Crippen LogP contribution in [-0.4, -0.2) is 41.1 Å². The number of amides is 1. The summed E-state index contributed by atoms with van der Waals surface area (Å²) in [5.74, 6) is -0.533. The first kappa shape index (κ1) is 13.8. The van der Waals surface area contributed by atoms with Crippen molar-refractivity contribution in [3.05, 3.63) is 23.8 Å². The van der Waals surface area contributed by atoms with E-state index in [1.165, 1.54) is 17.1 Å². The van der Waals surface area contributed by atoms with Gasteiger partial charge in [-0.3, -0.25) is 4.79 Å². The molecular formula is C14H18FNO3. The van der Waals surface area contributed by atoms with Crippen LogP contribution < -0.4 is 0 Å². The molecule has 0 spiro atoms. The van der Waals surface area contributed by atoms with Crippen molar-refractivity contribution < 1.29 is 18.7 Å². The number of carbonyl (C=O) groups is 2. The third-order valence-electron chi connectivity index (χ3n) is 3.18. The van der Waals surface area contributed by atoms with Gasteiger partial charge in [-0.2, -0.15) is 0 Å². The molecule has 0 aromatic heterocycles. The quantitative estimate of drug-likeness (QED) is 0.677. The number of hydrogen-bond acceptors (Lipinski definition) is 3. The summed E-state index contributed by atoms with van der Waals surface area (Å²) < 4.78 is 19.8. The average molecular weight is 267 g/mol. The van der Waals surface area contributed by atoms with Crippen LogP contribution in [0, 0.1) is 0 Å². The third kappa shape index (κ3) is 2.69. The van der Waals surface area contributed by atoms with E-state index in [0.717, 1.165) is 0 Å². The largest absolute Gasteiger partial charge is 0.444 e. The number of halogens is 1. The Morgan fingerprint density at radius 2 is 2.16 bits per heavy atom. The van der Waals surface area contributed by atoms with Crippen molar-refractivity contribution in [3.63, 3.8) is 0 Å². The fraction of sp³-hybridized carbons (Fsp3) is 0.571. The summed E-state index contributed by atoms with van der Waals surface area (Å²) in [6.07, 6.45) is 3.84. The van der Waals surface area contributed by atoms with Crippen LogP contribution in [-0.2, 0) is 9.53 Å². The van der Waals surface area contributed by atoms with Gasteiger partial charge in [0.1, 0.15) is 5.60 Å². The Labute approximate surface area is 111 Å². The minimum atomic E-state index is -1.94. The molecule has 4 nitrogen and oxygen atoms in total. The van der Waals surface area contributed by atoms with Crippen molar-refractivity contribution in [2.45, 2.75) is 38.5 Å². The highest BCUT2D eigenvalue weighted by molar-refractivity contribution is 6.01. The highest BCUT2D eigenvalue weighted by atomic mass is 19.1. The van der Waals surface area contributed by atoms with Crippen LogP contribution in [0.5, 0.6) is 0 Å². The lowest BCUT2D eigenvalue weighted by Crippen LogP contribution is -2.51. The fourth-order valence-electron chi connectivity index (χ4n) is 2.19. The van der Waals surface area contributed by atoms with Gasteiger partial charge < -0.3 is 9.64 Å². The number of allylic oxidation sites excluding steroid dienone is 3. The number of ketones is 1. The number of rotatable bonds is 0.